The first kappa shape index (κ1) is 11.9. The van der Waals surface area contributed by atoms with Gasteiger partial charge in [-0.15, -0.1) is 0 Å². The van der Waals surface area contributed by atoms with Gasteiger partial charge in [0, 0.05) is 25.2 Å². The van der Waals surface area contributed by atoms with E-state index >= 15 is 0 Å². The molecule has 2 nitrogen and oxygen atoms in total. The molecule has 0 aromatic carbocycles. The molecule has 74 valence electrons. The summed E-state index contributed by atoms with van der Waals surface area (Å²) in [5.74, 6) is 0.384. The quantitative estimate of drug-likeness (QED) is 0.684. The van der Waals surface area contributed by atoms with Gasteiger partial charge in [0.05, 0.1) is 0 Å². The molecule has 0 aliphatic rings. The average molecular weight is 173 g/mol. The van der Waals surface area contributed by atoms with Crippen LogP contribution in [0.3, 0.4) is 0 Å². The van der Waals surface area contributed by atoms with Crippen LogP contribution < -0.4 is 0 Å². The van der Waals surface area contributed by atoms with E-state index in [1.165, 1.54) is 0 Å². The van der Waals surface area contributed by atoms with Gasteiger partial charge in [-0.3, -0.25) is 4.90 Å². The molecule has 2 heteroatoms. The Kier molecular flexibility index (Phi) is 5.51. The summed E-state index contributed by atoms with van der Waals surface area (Å²) in [4.78, 5) is 2.40. The van der Waals surface area contributed by atoms with E-state index in [1.54, 1.807) is 0 Å². The van der Waals surface area contributed by atoms with Gasteiger partial charge in [0.15, 0.2) is 0 Å². The molecule has 0 unspecified atom stereocenters. The fraction of sp³-hybridized carbons (Fsp3) is 1.00. The molecule has 0 aromatic heterocycles. The zero-order valence-electron chi connectivity index (χ0n) is 9.04. The van der Waals surface area contributed by atoms with Gasteiger partial charge in [0.1, 0.15) is 0 Å². The first-order valence-corrected chi connectivity index (χ1v) is 4.85. The van der Waals surface area contributed by atoms with Crippen LogP contribution in [0.2, 0.25) is 0 Å². The second-order valence-electron chi connectivity index (χ2n) is 4.17. The number of nitrogens with zero attached hydrogens (tertiary/aromatic N) is 1. The van der Waals surface area contributed by atoms with Crippen molar-refractivity contribution in [2.75, 3.05) is 13.2 Å². The molecular weight excluding hydrogens is 150 g/mol. The zero-order valence-corrected chi connectivity index (χ0v) is 9.04. The molecule has 0 spiro atoms. The second-order valence-corrected chi connectivity index (χ2v) is 4.17. The molecule has 0 aliphatic heterocycles. The van der Waals surface area contributed by atoms with Crippen molar-refractivity contribution < 1.29 is 5.11 Å². The molecule has 0 saturated heterocycles. The van der Waals surface area contributed by atoms with E-state index in [0.29, 0.717) is 18.0 Å². The van der Waals surface area contributed by atoms with Crippen molar-refractivity contribution in [3.8, 4) is 0 Å². The fourth-order valence-corrected chi connectivity index (χ4v) is 1.44. The Labute approximate surface area is 76.6 Å². The lowest BCUT2D eigenvalue weighted by molar-refractivity contribution is 0.121. The molecule has 0 heterocycles. The summed E-state index contributed by atoms with van der Waals surface area (Å²) in [5, 5.41) is 8.92. The predicted molar refractivity (Wildman–Crippen MR) is 53.2 cm³/mol. The van der Waals surface area contributed by atoms with Crippen LogP contribution in [0, 0.1) is 5.92 Å². The molecule has 0 saturated carbocycles. The van der Waals surface area contributed by atoms with E-state index < -0.39 is 0 Å². The van der Waals surface area contributed by atoms with E-state index in [9.17, 15) is 0 Å². The highest BCUT2D eigenvalue weighted by molar-refractivity contribution is 4.69. The maximum absolute atomic E-state index is 8.92. The summed E-state index contributed by atoms with van der Waals surface area (Å²) in [7, 11) is 0. The molecule has 0 aliphatic carbocycles. The topological polar surface area (TPSA) is 23.5 Å². The molecule has 0 bridgehead atoms. The van der Waals surface area contributed by atoms with Crippen molar-refractivity contribution in [2.45, 2.75) is 46.7 Å². The lowest BCUT2D eigenvalue weighted by atomic mass is 10.1. The van der Waals surface area contributed by atoms with Crippen LogP contribution >= 0.6 is 0 Å². The Morgan fingerprint density at radius 1 is 1.00 bits per heavy atom. The van der Waals surface area contributed by atoms with Crippen LogP contribution in [-0.4, -0.2) is 35.2 Å². The Morgan fingerprint density at radius 3 is 1.67 bits per heavy atom. The monoisotopic (exact) mass is 173 g/mol. The third kappa shape index (κ3) is 4.07. The Balaban J connectivity index is 3.95. The molecule has 0 fully saturated rings. The minimum Gasteiger partial charge on any atom is -0.396 e. The van der Waals surface area contributed by atoms with Gasteiger partial charge in [-0.05, 0) is 33.6 Å². The average Bonchev–Trinajstić information content (AvgIpc) is 1.98. The molecule has 1 atom stereocenters. The maximum atomic E-state index is 8.92. The van der Waals surface area contributed by atoms with Crippen LogP contribution in [-0.2, 0) is 0 Å². The van der Waals surface area contributed by atoms with Gasteiger partial charge >= 0.3 is 0 Å². The van der Waals surface area contributed by atoms with Gasteiger partial charge < -0.3 is 5.11 Å². The minimum absolute atomic E-state index is 0.288. The molecule has 0 rings (SSSR count). The number of hydrogen-bond donors (Lipinski definition) is 1. The van der Waals surface area contributed by atoms with Gasteiger partial charge in [-0.2, -0.15) is 0 Å². The lowest BCUT2D eigenvalue weighted by Crippen LogP contribution is -2.40. The van der Waals surface area contributed by atoms with Crippen LogP contribution in [0.1, 0.15) is 34.6 Å². The molecule has 0 radical (unpaired) electrons. The zero-order chi connectivity index (χ0) is 9.72. The van der Waals surface area contributed by atoms with Crippen LogP contribution in [0.15, 0.2) is 0 Å². The predicted octanol–water partition coefficient (Wildman–Crippen LogP) is 1.73. The number of aliphatic hydroxyl groups is 1. The smallest absolute Gasteiger partial charge is 0.0468 e. The van der Waals surface area contributed by atoms with Gasteiger partial charge in [0.25, 0.3) is 0 Å². The Bertz CT molecular complexity index is 104. The van der Waals surface area contributed by atoms with Crippen LogP contribution in [0.25, 0.3) is 0 Å². The van der Waals surface area contributed by atoms with E-state index in [4.69, 9.17) is 5.11 Å². The SMILES string of the molecule is CC(C)N(C[C@@H](C)CO)C(C)C. The maximum Gasteiger partial charge on any atom is 0.0468 e. The highest BCUT2D eigenvalue weighted by Crippen LogP contribution is 2.08. The normalized spacial score (nSPS) is 14.8. The van der Waals surface area contributed by atoms with E-state index in [-0.39, 0.29) is 6.61 Å². The molecule has 0 aromatic rings. The van der Waals surface area contributed by atoms with Crippen molar-refractivity contribution in [2.24, 2.45) is 5.92 Å². The number of aliphatic hydroxyl groups excluding tert-OH is 1. The summed E-state index contributed by atoms with van der Waals surface area (Å²) in [6.45, 7) is 12.2. The second kappa shape index (κ2) is 5.55. The third-order valence-corrected chi connectivity index (χ3v) is 2.16. The summed E-state index contributed by atoms with van der Waals surface area (Å²) >= 11 is 0. The molecule has 12 heavy (non-hydrogen) atoms. The van der Waals surface area contributed by atoms with E-state index in [1.807, 2.05) is 0 Å². The van der Waals surface area contributed by atoms with Crippen molar-refractivity contribution in [3.63, 3.8) is 0 Å². The first-order valence-electron chi connectivity index (χ1n) is 4.85. The lowest BCUT2D eigenvalue weighted by Gasteiger charge is -2.32. The molecular formula is C10H23NO. The van der Waals surface area contributed by atoms with Crippen molar-refractivity contribution in [3.05, 3.63) is 0 Å². The van der Waals surface area contributed by atoms with Gasteiger partial charge in [0.2, 0.25) is 0 Å². The van der Waals surface area contributed by atoms with Crippen molar-refractivity contribution in [1.82, 2.24) is 4.90 Å². The van der Waals surface area contributed by atoms with Gasteiger partial charge in [-0.1, -0.05) is 6.92 Å². The highest BCUT2D eigenvalue weighted by Gasteiger charge is 2.15. The fourth-order valence-electron chi connectivity index (χ4n) is 1.44. The summed E-state index contributed by atoms with van der Waals surface area (Å²) < 4.78 is 0. The molecule has 1 N–H and O–H groups in total. The standard InChI is InChI=1S/C10H23NO/c1-8(2)11(9(3)4)6-10(5)7-12/h8-10,12H,6-7H2,1-5H3/t10-/m1/s1. The van der Waals surface area contributed by atoms with Crippen LogP contribution in [0.5, 0.6) is 0 Å². The first-order chi connectivity index (χ1) is 5.49. The van der Waals surface area contributed by atoms with Crippen molar-refractivity contribution in [1.29, 1.82) is 0 Å². The number of rotatable bonds is 5. The van der Waals surface area contributed by atoms with Crippen LogP contribution in [0.4, 0.5) is 0 Å². The largest absolute Gasteiger partial charge is 0.396 e. The Hall–Kier alpha value is -0.0800. The summed E-state index contributed by atoms with van der Waals surface area (Å²) in [5.41, 5.74) is 0. The summed E-state index contributed by atoms with van der Waals surface area (Å²) in [6.07, 6.45) is 0. The van der Waals surface area contributed by atoms with Crippen molar-refractivity contribution >= 4 is 0 Å². The Morgan fingerprint density at radius 2 is 1.42 bits per heavy atom. The number of hydrogen-bond acceptors (Lipinski definition) is 2. The van der Waals surface area contributed by atoms with E-state index in [0.717, 1.165) is 6.54 Å². The third-order valence-electron chi connectivity index (χ3n) is 2.16. The molecule has 0 amide bonds. The highest BCUT2D eigenvalue weighted by atomic mass is 16.3. The minimum atomic E-state index is 0.288. The van der Waals surface area contributed by atoms with E-state index in [2.05, 4.69) is 39.5 Å². The van der Waals surface area contributed by atoms with Gasteiger partial charge in [-0.25, -0.2) is 0 Å². The summed E-state index contributed by atoms with van der Waals surface area (Å²) in [6, 6.07) is 1.14.